The second kappa shape index (κ2) is 6.57. The van der Waals surface area contributed by atoms with Crippen LogP contribution >= 0.6 is 0 Å². The minimum atomic E-state index is -0.433. The van der Waals surface area contributed by atoms with Crippen molar-refractivity contribution < 1.29 is 9.90 Å². The minimum Gasteiger partial charge on any atom is -0.391 e. The fraction of sp³-hybridized carbons (Fsp3) is 0.389. The third kappa shape index (κ3) is 3.10. The zero-order valence-corrected chi connectivity index (χ0v) is 13.9. The molecule has 6 nitrogen and oxygen atoms in total. The van der Waals surface area contributed by atoms with Gasteiger partial charge in [0.25, 0.3) is 11.5 Å². The summed E-state index contributed by atoms with van der Waals surface area (Å²) in [6, 6.07) is 5.39. The first-order valence-corrected chi connectivity index (χ1v) is 8.16. The van der Waals surface area contributed by atoms with Gasteiger partial charge in [-0.3, -0.25) is 14.6 Å². The Morgan fingerprint density at radius 1 is 1.46 bits per heavy atom. The Kier molecular flexibility index (Phi) is 4.49. The van der Waals surface area contributed by atoms with Crippen LogP contribution in [0.3, 0.4) is 0 Å². The fourth-order valence-corrected chi connectivity index (χ4v) is 2.98. The summed E-state index contributed by atoms with van der Waals surface area (Å²) in [7, 11) is 0. The molecule has 2 N–H and O–H groups in total. The number of nitrogens with zero attached hydrogens (tertiary/aromatic N) is 2. The number of carbonyl (C=O) groups excluding carboxylic acids is 1. The Bertz CT molecular complexity index is 811. The second-order valence-electron chi connectivity index (χ2n) is 6.14. The quantitative estimate of drug-likeness (QED) is 0.895. The Balaban J connectivity index is 1.87. The molecule has 0 spiro atoms. The number of nitrogens with one attached hydrogen (secondary N) is 1. The Morgan fingerprint density at radius 3 is 2.83 bits per heavy atom. The maximum atomic E-state index is 12.4. The first-order valence-electron chi connectivity index (χ1n) is 8.16. The van der Waals surface area contributed by atoms with E-state index in [1.165, 1.54) is 0 Å². The third-order valence-electron chi connectivity index (χ3n) is 4.43. The number of hydrogen-bond acceptors (Lipinski definition) is 4. The van der Waals surface area contributed by atoms with Crippen molar-refractivity contribution in [2.24, 2.45) is 0 Å². The minimum absolute atomic E-state index is 0.0712. The van der Waals surface area contributed by atoms with E-state index in [4.69, 9.17) is 0 Å². The van der Waals surface area contributed by atoms with Crippen molar-refractivity contribution >= 4 is 5.91 Å². The highest BCUT2D eigenvalue weighted by Gasteiger charge is 2.25. The van der Waals surface area contributed by atoms with Crippen LogP contribution in [0.15, 0.2) is 29.2 Å². The Morgan fingerprint density at radius 2 is 2.25 bits per heavy atom. The summed E-state index contributed by atoms with van der Waals surface area (Å²) in [6.07, 6.45) is 2.39. The van der Waals surface area contributed by atoms with Gasteiger partial charge in [0.05, 0.1) is 17.4 Å². The molecule has 1 fully saturated rings. The predicted octanol–water partition coefficient (Wildman–Crippen LogP) is 1.51. The molecule has 6 heteroatoms. The number of aromatic nitrogens is 2. The van der Waals surface area contributed by atoms with Crippen LogP contribution in [-0.2, 0) is 6.42 Å². The van der Waals surface area contributed by atoms with Crippen LogP contribution < -0.4 is 5.56 Å². The third-order valence-corrected chi connectivity index (χ3v) is 4.43. The van der Waals surface area contributed by atoms with Crippen molar-refractivity contribution in [1.82, 2.24) is 14.9 Å². The van der Waals surface area contributed by atoms with Gasteiger partial charge < -0.3 is 15.0 Å². The van der Waals surface area contributed by atoms with E-state index < -0.39 is 6.10 Å². The monoisotopic (exact) mass is 327 g/mol. The summed E-state index contributed by atoms with van der Waals surface area (Å²) < 4.78 is 0. The molecule has 1 saturated heterocycles. The molecule has 0 saturated carbocycles. The average molecular weight is 327 g/mol. The highest BCUT2D eigenvalue weighted by atomic mass is 16.3. The molecular weight excluding hydrogens is 306 g/mol. The smallest absolute Gasteiger partial charge is 0.255 e. The van der Waals surface area contributed by atoms with Crippen LogP contribution in [0.1, 0.15) is 35.0 Å². The van der Waals surface area contributed by atoms with Gasteiger partial charge in [0.2, 0.25) is 0 Å². The molecule has 0 bridgehead atoms. The largest absolute Gasteiger partial charge is 0.391 e. The zero-order valence-electron chi connectivity index (χ0n) is 13.9. The van der Waals surface area contributed by atoms with Gasteiger partial charge in [-0.15, -0.1) is 0 Å². The molecule has 3 rings (SSSR count). The molecule has 0 aliphatic carbocycles. The molecule has 2 aromatic heterocycles. The molecular formula is C18H21N3O3. The van der Waals surface area contributed by atoms with Gasteiger partial charge >= 0.3 is 0 Å². The van der Waals surface area contributed by atoms with Crippen LogP contribution in [0.4, 0.5) is 0 Å². The van der Waals surface area contributed by atoms with Gasteiger partial charge in [-0.2, -0.15) is 0 Å². The van der Waals surface area contributed by atoms with E-state index in [2.05, 4.69) is 9.97 Å². The predicted molar refractivity (Wildman–Crippen MR) is 90.9 cm³/mol. The van der Waals surface area contributed by atoms with E-state index in [0.717, 1.165) is 17.0 Å². The Labute approximate surface area is 140 Å². The molecule has 24 heavy (non-hydrogen) atoms. The standard InChI is InChI=1S/C18H21N3O3/c1-3-12-8-15(11(2)20-17(12)23)16-5-4-13(9-19-16)18(24)21-7-6-14(22)10-21/h4-5,8-9,14,22H,3,6-7,10H2,1-2H3,(H,20,23). The first kappa shape index (κ1) is 16.4. The highest BCUT2D eigenvalue weighted by molar-refractivity contribution is 5.94. The lowest BCUT2D eigenvalue weighted by molar-refractivity contribution is 0.0764. The summed E-state index contributed by atoms with van der Waals surface area (Å²) in [5, 5.41) is 9.55. The maximum absolute atomic E-state index is 12.4. The summed E-state index contributed by atoms with van der Waals surface area (Å²) in [5.74, 6) is -0.113. The van der Waals surface area contributed by atoms with Gasteiger partial charge in [0.1, 0.15) is 0 Å². The molecule has 3 heterocycles. The number of pyridine rings is 2. The first-order chi connectivity index (χ1) is 11.5. The zero-order chi connectivity index (χ0) is 17.3. The van der Waals surface area contributed by atoms with E-state index in [-0.39, 0.29) is 11.5 Å². The lowest BCUT2D eigenvalue weighted by Crippen LogP contribution is -2.29. The van der Waals surface area contributed by atoms with Crippen molar-refractivity contribution in [3.63, 3.8) is 0 Å². The van der Waals surface area contributed by atoms with Gasteiger partial charge in [0, 0.05) is 36.1 Å². The number of aromatic amines is 1. The second-order valence-corrected chi connectivity index (χ2v) is 6.14. The molecule has 0 radical (unpaired) electrons. The number of H-pyrrole nitrogens is 1. The van der Waals surface area contributed by atoms with Crippen molar-refractivity contribution in [3.05, 3.63) is 51.6 Å². The van der Waals surface area contributed by atoms with Crippen LogP contribution in [0.25, 0.3) is 11.3 Å². The van der Waals surface area contributed by atoms with E-state index in [9.17, 15) is 14.7 Å². The number of likely N-dealkylation sites (tertiary alicyclic amines) is 1. The van der Waals surface area contributed by atoms with E-state index in [0.29, 0.717) is 37.1 Å². The summed E-state index contributed by atoms with van der Waals surface area (Å²) in [5.41, 5.74) is 3.48. The van der Waals surface area contributed by atoms with Crippen molar-refractivity contribution in [2.75, 3.05) is 13.1 Å². The van der Waals surface area contributed by atoms with Crippen LogP contribution in [0.5, 0.6) is 0 Å². The van der Waals surface area contributed by atoms with E-state index >= 15 is 0 Å². The normalized spacial score (nSPS) is 17.3. The van der Waals surface area contributed by atoms with Gasteiger partial charge in [-0.05, 0) is 38.0 Å². The molecule has 126 valence electrons. The van der Waals surface area contributed by atoms with Crippen LogP contribution in [-0.4, -0.2) is 45.1 Å². The molecule has 1 aliphatic heterocycles. The number of aliphatic hydroxyl groups excluding tert-OH is 1. The van der Waals surface area contributed by atoms with E-state index in [1.54, 1.807) is 23.2 Å². The number of carbonyl (C=O) groups is 1. The number of β-amino-alcohol motifs (C(OH)–C–C–N with tert-alkyl or cyclic N) is 1. The van der Waals surface area contributed by atoms with E-state index in [1.807, 2.05) is 19.9 Å². The van der Waals surface area contributed by atoms with Gasteiger partial charge in [-0.25, -0.2) is 0 Å². The molecule has 1 aliphatic rings. The number of hydrogen-bond donors (Lipinski definition) is 2. The molecule has 0 aromatic carbocycles. The van der Waals surface area contributed by atoms with Crippen molar-refractivity contribution in [1.29, 1.82) is 0 Å². The lowest BCUT2D eigenvalue weighted by atomic mass is 10.1. The summed E-state index contributed by atoms with van der Waals surface area (Å²) in [4.78, 5) is 33.1. The number of amides is 1. The average Bonchev–Trinajstić information content (AvgIpc) is 3.01. The lowest BCUT2D eigenvalue weighted by Gasteiger charge is -2.15. The maximum Gasteiger partial charge on any atom is 0.255 e. The van der Waals surface area contributed by atoms with Crippen LogP contribution in [0.2, 0.25) is 0 Å². The van der Waals surface area contributed by atoms with Crippen molar-refractivity contribution in [2.45, 2.75) is 32.8 Å². The van der Waals surface area contributed by atoms with Crippen LogP contribution in [0, 0.1) is 6.92 Å². The number of aliphatic hydroxyl groups is 1. The highest BCUT2D eigenvalue weighted by Crippen LogP contribution is 2.21. The summed E-state index contributed by atoms with van der Waals surface area (Å²) >= 11 is 0. The molecule has 1 unspecified atom stereocenters. The fourth-order valence-electron chi connectivity index (χ4n) is 2.98. The molecule has 2 aromatic rings. The molecule has 1 atom stereocenters. The SMILES string of the molecule is CCc1cc(-c2ccc(C(=O)N3CCC(O)C3)cn2)c(C)[nH]c1=O. The Hall–Kier alpha value is -2.47. The topological polar surface area (TPSA) is 86.3 Å². The van der Waals surface area contributed by atoms with Crippen molar-refractivity contribution in [3.8, 4) is 11.3 Å². The summed E-state index contributed by atoms with van der Waals surface area (Å²) in [6.45, 7) is 4.71. The number of rotatable bonds is 3. The van der Waals surface area contributed by atoms with Gasteiger partial charge in [-0.1, -0.05) is 6.92 Å². The number of aryl methyl sites for hydroxylation is 2. The molecule has 1 amide bonds. The van der Waals surface area contributed by atoms with Gasteiger partial charge in [0.15, 0.2) is 0 Å².